The van der Waals surface area contributed by atoms with Crippen LogP contribution < -0.4 is 5.32 Å². The molecule has 0 aromatic carbocycles. The Kier molecular flexibility index (Phi) is 8.01. The monoisotopic (exact) mass is 244 g/mol. The molecule has 104 valence electrons. The lowest BCUT2D eigenvalue weighted by atomic mass is 9.84. The largest absolute Gasteiger partial charge is 0.380 e. The molecule has 3 nitrogen and oxygen atoms in total. The number of nitrogens with one attached hydrogen (secondary N) is 1. The van der Waals surface area contributed by atoms with Crippen molar-refractivity contribution in [1.82, 2.24) is 10.2 Å². The maximum absolute atomic E-state index is 5.30. The highest BCUT2D eigenvalue weighted by Crippen LogP contribution is 2.21. The summed E-state index contributed by atoms with van der Waals surface area (Å²) >= 11 is 0. The first-order valence-electron chi connectivity index (χ1n) is 6.78. The minimum Gasteiger partial charge on any atom is -0.380 e. The topological polar surface area (TPSA) is 24.5 Å². The Labute approximate surface area is 108 Å². The van der Waals surface area contributed by atoms with Gasteiger partial charge in [0.15, 0.2) is 0 Å². The van der Waals surface area contributed by atoms with Crippen LogP contribution in [0.2, 0.25) is 0 Å². The van der Waals surface area contributed by atoms with Gasteiger partial charge in [0.1, 0.15) is 0 Å². The zero-order chi connectivity index (χ0) is 13.5. The molecule has 0 saturated heterocycles. The van der Waals surface area contributed by atoms with Crippen LogP contribution in [0.4, 0.5) is 0 Å². The minimum absolute atomic E-state index is 0.275. The summed E-state index contributed by atoms with van der Waals surface area (Å²) in [6, 6.07) is 0.530. The third-order valence-corrected chi connectivity index (χ3v) is 3.52. The van der Waals surface area contributed by atoms with Crippen molar-refractivity contribution in [2.45, 2.75) is 53.2 Å². The molecule has 1 N–H and O–H groups in total. The predicted octanol–water partition coefficient (Wildman–Crippen LogP) is 2.37. The van der Waals surface area contributed by atoms with Gasteiger partial charge in [-0.25, -0.2) is 0 Å². The highest BCUT2D eigenvalue weighted by Gasteiger charge is 2.27. The number of methoxy groups -OCH3 is 1. The SMILES string of the molecule is CCCNC(C)C(C)(C)CN(C)CC(C)OC. The van der Waals surface area contributed by atoms with Crippen LogP contribution in [-0.4, -0.2) is 50.8 Å². The molecule has 0 aliphatic rings. The minimum atomic E-state index is 0.275. The average molecular weight is 244 g/mol. The summed E-state index contributed by atoms with van der Waals surface area (Å²) in [5.74, 6) is 0. The number of rotatable bonds is 9. The molecule has 0 fully saturated rings. The van der Waals surface area contributed by atoms with Crippen LogP contribution in [-0.2, 0) is 4.74 Å². The highest BCUT2D eigenvalue weighted by atomic mass is 16.5. The molecule has 0 aromatic rings. The normalized spacial score (nSPS) is 16.2. The van der Waals surface area contributed by atoms with Crippen molar-refractivity contribution in [3.05, 3.63) is 0 Å². The number of ether oxygens (including phenoxy) is 1. The van der Waals surface area contributed by atoms with Crippen molar-refractivity contribution in [2.24, 2.45) is 5.41 Å². The van der Waals surface area contributed by atoms with Gasteiger partial charge in [-0.3, -0.25) is 0 Å². The summed E-state index contributed by atoms with van der Waals surface area (Å²) in [7, 11) is 3.94. The van der Waals surface area contributed by atoms with Gasteiger partial charge in [0.2, 0.25) is 0 Å². The van der Waals surface area contributed by atoms with Crippen molar-refractivity contribution >= 4 is 0 Å². The summed E-state index contributed by atoms with van der Waals surface area (Å²) in [6.07, 6.45) is 1.49. The second-order valence-electron chi connectivity index (χ2n) is 5.91. The first-order valence-corrected chi connectivity index (χ1v) is 6.78. The van der Waals surface area contributed by atoms with E-state index in [2.05, 4.69) is 51.9 Å². The van der Waals surface area contributed by atoms with Gasteiger partial charge in [0, 0.05) is 26.2 Å². The summed E-state index contributed by atoms with van der Waals surface area (Å²) in [6.45, 7) is 14.4. The van der Waals surface area contributed by atoms with Crippen LogP contribution in [0.5, 0.6) is 0 Å². The molecule has 0 amide bonds. The standard InChI is InChI=1S/C14H32N2O/c1-8-9-15-13(3)14(4,5)11-16(6)10-12(2)17-7/h12-13,15H,8-11H2,1-7H3. The third kappa shape index (κ3) is 7.02. The Morgan fingerprint density at radius 3 is 2.35 bits per heavy atom. The number of nitrogens with zero attached hydrogens (tertiary/aromatic N) is 1. The Bertz CT molecular complexity index is 195. The van der Waals surface area contributed by atoms with Crippen molar-refractivity contribution in [3.63, 3.8) is 0 Å². The molecule has 2 unspecified atom stereocenters. The van der Waals surface area contributed by atoms with E-state index in [4.69, 9.17) is 4.74 Å². The molecule has 17 heavy (non-hydrogen) atoms. The van der Waals surface area contributed by atoms with E-state index in [1.165, 1.54) is 6.42 Å². The van der Waals surface area contributed by atoms with E-state index in [0.29, 0.717) is 12.1 Å². The number of likely N-dealkylation sites (N-methyl/N-ethyl adjacent to an activating group) is 1. The van der Waals surface area contributed by atoms with Gasteiger partial charge in [0.05, 0.1) is 6.10 Å². The van der Waals surface area contributed by atoms with Crippen molar-refractivity contribution in [2.75, 3.05) is 33.8 Å². The second-order valence-corrected chi connectivity index (χ2v) is 5.91. The smallest absolute Gasteiger partial charge is 0.0669 e. The third-order valence-electron chi connectivity index (χ3n) is 3.52. The van der Waals surface area contributed by atoms with Gasteiger partial charge < -0.3 is 15.0 Å². The van der Waals surface area contributed by atoms with Gasteiger partial charge in [-0.1, -0.05) is 20.8 Å². The van der Waals surface area contributed by atoms with Gasteiger partial charge in [-0.05, 0) is 39.3 Å². The zero-order valence-electron chi connectivity index (χ0n) is 12.8. The second kappa shape index (κ2) is 8.06. The highest BCUT2D eigenvalue weighted by molar-refractivity contribution is 4.83. The fraction of sp³-hybridized carbons (Fsp3) is 1.00. The molecule has 0 bridgehead atoms. The molecular formula is C14H32N2O. The first-order chi connectivity index (χ1) is 7.83. The lowest BCUT2D eigenvalue weighted by Gasteiger charge is -2.36. The molecule has 0 heterocycles. The van der Waals surface area contributed by atoms with Gasteiger partial charge in [-0.2, -0.15) is 0 Å². The van der Waals surface area contributed by atoms with Gasteiger partial charge in [0.25, 0.3) is 0 Å². The van der Waals surface area contributed by atoms with Crippen LogP contribution in [0.1, 0.15) is 41.0 Å². The number of hydrogen-bond donors (Lipinski definition) is 1. The Balaban J connectivity index is 4.13. The quantitative estimate of drug-likeness (QED) is 0.674. The van der Waals surface area contributed by atoms with Gasteiger partial charge in [-0.15, -0.1) is 0 Å². The molecule has 0 radical (unpaired) electrons. The van der Waals surface area contributed by atoms with Crippen LogP contribution in [0.3, 0.4) is 0 Å². The average Bonchev–Trinajstić information content (AvgIpc) is 2.24. The van der Waals surface area contributed by atoms with Crippen molar-refractivity contribution < 1.29 is 4.74 Å². The van der Waals surface area contributed by atoms with Crippen molar-refractivity contribution in [3.8, 4) is 0 Å². The molecule has 0 aromatic heterocycles. The Morgan fingerprint density at radius 2 is 1.88 bits per heavy atom. The van der Waals surface area contributed by atoms with E-state index in [1.807, 2.05) is 0 Å². The lowest BCUT2D eigenvalue weighted by molar-refractivity contribution is 0.0672. The molecule has 0 aliphatic heterocycles. The maximum Gasteiger partial charge on any atom is 0.0669 e. The van der Waals surface area contributed by atoms with E-state index in [0.717, 1.165) is 19.6 Å². The van der Waals surface area contributed by atoms with Crippen LogP contribution in [0.25, 0.3) is 0 Å². The van der Waals surface area contributed by atoms with E-state index < -0.39 is 0 Å². The fourth-order valence-corrected chi connectivity index (χ4v) is 2.05. The molecule has 0 saturated carbocycles. The lowest BCUT2D eigenvalue weighted by Crippen LogP contribution is -2.47. The molecule has 0 rings (SSSR count). The van der Waals surface area contributed by atoms with E-state index in [1.54, 1.807) is 7.11 Å². The van der Waals surface area contributed by atoms with Crippen LogP contribution in [0, 0.1) is 5.41 Å². The summed E-state index contributed by atoms with van der Waals surface area (Å²) in [4.78, 5) is 2.36. The van der Waals surface area contributed by atoms with Crippen LogP contribution in [0.15, 0.2) is 0 Å². The molecule has 3 heteroatoms. The summed E-state index contributed by atoms with van der Waals surface area (Å²) in [5, 5.41) is 3.59. The number of hydrogen-bond acceptors (Lipinski definition) is 3. The Morgan fingerprint density at radius 1 is 1.29 bits per heavy atom. The summed E-state index contributed by atoms with van der Waals surface area (Å²) < 4.78 is 5.30. The zero-order valence-corrected chi connectivity index (χ0v) is 12.8. The van der Waals surface area contributed by atoms with E-state index in [-0.39, 0.29) is 5.41 Å². The fourth-order valence-electron chi connectivity index (χ4n) is 2.05. The molecule has 0 aliphatic carbocycles. The molecular weight excluding hydrogens is 212 g/mol. The summed E-state index contributed by atoms with van der Waals surface area (Å²) in [5.41, 5.74) is 0.275. The molecule has 2 atom stereocenters. The Hall–Kier alpha value is -0.120. The molecule has 0 spiro atoms. The first kappa shape index (κ1) is 16.9. The van der Waals surface area contributed by atoms with E-state index in [9.17, 15) is 0 Å². The maximum atomic E-state index is 5.30. The predicted molar refractivity (Wildman–Crippen MR) is 75.5 cm³/mol. The van der Waals surface area contributed by atoms with Gasteiger partial charge >= 0.3 is 0 Å². The van der Waals surface area contributed by atoms with Crippen molar-refractivity contribution in [1.29, 1.82) is 0 Å². The van der Waals surface area contributed by atoms with Crippen LogP contribution >= 0.6 is 0 Å². The van der Waals surface area contributed by atoms with E-state index >= 15 is 0 Å².